The summed E-state index contributed by atoms with van der Waals surface area (Å²) in [7, 11) is 8.71. The fraction of sp³-hybridized carbons (Fsp3) is 0.488. The molecule has 1 unspecified atom stereocenters. The first-order valence-electron chi connectivity index (χ1n) is 38.2. The van der Waals surface area contributed by atoms with Crippen molar-refractivity contribution in [2.24, 2.45) is 16.7 Å². The van der Waals surface area contributed by atoms with E-state index in [1.165, 1.54) is 26.5 Å². The third kappa shape index (κ3) is 16.4. The molecule has 36 heteroatoms. The second-order valence-corrected chi connectivity index (χ2v) is 30.7. The molecular weight excluding hydrogens is 1610 g/mol. The van der Waals surface area contributed by atoms with Crippen LogP contribution in [-0.2, 0) is 51.3 Å². The van der Waals surface area contributed by atoms with Gasteiger partial charge in [-0.3, -0.25) is 29.1 Å². The van der Waals surface area contributed by atoms with E-state index in [2.05, 4.69) is 122 Å². The van der Waals surface area contributed by atoms with E-state index in [0.29, 0.717) is 61.6 Å². The third-order valence-electron chi connectivity index (χ3n) is 25.8. The number of hydrogen-bond acceptors (Lipinski definition) is 19. The molecular formula is C84H102F14N8O14. The van der Waals surface area contributed by atoms with Crippen LogP contribution in [0.4, 0.5) is 85.0 Å². The molecule has 660 valence electrons. The van der Waals surface area contributed by atoms with E-state index in [1.54, 1.807) is 62.8 Å². The number of carbonyl (C=O) groups is 5. The maximum atomic E-state index is 15.4. The van der Waals surface area contributed by atoms with Crippen molar-refractivity contribution in [3.63, 3.8) is 0 Å². The molecule has 2 aliphatic carbocycles. The molecule has 15 atom stereocenters. The number of hydrogen-bond donors (Lipinski definition) is 5. The van der Waals surface area contributed by atoms with Gasteiger partial charge in [0.15, 0.2) is 0 Å². The lowest BCUT2D eigenvalue weighted by atomic mass is 9.47. The van der Waals surface area contributed by atoms with Crippen LogP contribution in [0.5, 0.6) is 23.0 Å². The Balaban J connectivity index is 0.000000310. The number of likely N-dealkylation sites (N-methyl/N-ethyl adjacent to an activating group) is 2. The third-order valence-corrected chi connectivity index (χ3v) is 25.8. The summed E-state index contributed by atoms with van der Waals surface area (Å²) in [4.78, 5) is 83.5. The molecule has 2 saturated carbocycles. The van der Waals surface area contributed by atoms with Crippen molar-refractivity contribution in [3.05, 3.63) is 179 Å². The number of aliphatic hydroxyl groups is 2. The maximum absolute atomic E-state index is 15.4. The van der Waals surface area contributed by atoms with Gasteiger partial charge >= 0.3 is 30.1 Å². The van der Waals surface area contributed by atoms with Crippen LogP contribution in [0.25, 0.3) is 10.9 Å². The van der Waals surface area contributed by atoms with Crippen LogP contribution in [0.1, 0.15) is 109 Å². The number of halogens is 14. The first kappa shape index (κ1) is 97.0. The minimum absolute atomic E-state index is 0. The lowest BCUT2D eigenvalue weighted by Gasteiger charge is -2.64. The van der Waals surface area contributed by atoms with E-state index < -0.39 is 86.7 Å². The van der Waals surface area contributed by atoms with E-state index in [9.17, 15) is 29.4 Å². The van der Waals surface area contributed by atoms with E-state index in [0.717, 1.165) is 102 Å². The number of fused-ring (bicyclic) bond motifs is 7. The number of aromatic nitrogens is 1. The molecule has 120 heavy (non-hydrogen) atoms. The zero-order valence-electron chi connectivity index (χ0n) is 67.0. The molecule has 9 heterocycles. The van der Waals surface area contributed by atoms with Crippen LogP contribution < -0.4 is 39.4 Å². The highest BCUT2D eigenvalue weighted by molar-refractivity contribution is 5.94. The Morgan fingerprint density at radius 3 is 1.49 bits per heavy atom. The second-order valence-electron chi connectivity index (χ2n) is 30.7. The first-order chi connectivity index (χ1) is 57.6. The Hall–Kier alpha value is -10.2. The number of amides is 2. The van der Waals surface area contributed by atoms with Crippen molar-refractivity contribution >= 4 is 52.4 Å². The van der Waals surface area contributed by atoms with Gasteiger partial charge in [-0.1, -0.05) is 125 Å². The number of methoxy groups -OCH3 is 3. The van der Waals surface area contributed by atoms with Gasteiger partial charge in [-0.25, -0.2) is 9.59 Å². The Bertz CT molecular complexity index is 4550. The number of ether oxygens (including phenoxy) is 7. The number of H-pyrrole nitrogens is 1. The number of para-hydroxylation sites is 3. The molecule has 1 aromatic heterocycles. The lowest BCUT2D eigenvalue weighted by molar-refractivity contribution is -0.217. The minimum atomic E-state index is -1.86. The molecule has 2 bridgehead atoms. The summed E-state index contributed by atoms with van der Waals surface area (Å²) in [5.41, 5.74) is 1.16. The molecule has 2 spiro atoms. The van der Waals surface area contributed by atoms with Crippen molar-refractivity contribution in [1.82, 2.24) is 30.3 Å². The highest BCUT2D eigenvalue weighted by Gasteiger charge is 2.80. The van der Waals surface area contributed by atoms with E-state index in [1.807, 2.05) is 50.5 Å². The number of aromatic amines is 1. The predicted octanol–water partition coefficient (Wildman–Crippen LogP) is 16.2. The molecule has 22 nitrogen and oxygen atoms in total. The molecule has 2 saturated heterocycles. The van der Waals surface area contributed by atoms with Gasteiger partial charge in [0.25, 0.3) is 0 Å². The monoisotopic (exact) mass is 1710 g/mol. The van der Waals surface area contributed by atoms with Crippen molar-refractivity contribution in [1.29, 1.82) is 0 Å². The van der Waals surface area contributed by atoms with Gasteiger partial charge < -0.3 is 68.8 Å². The Kier molecular flexibility index (Phi) is 33.4. The highest BCUT2D eigenvalue weighted by atomic mass is 20.0. The van der Waals surface area contributed by atoms with E-state index in [-0.39, 0.29) is 44.5 Å². The summed E-state index contributed by atoms with van der Waals surface area (Å²) in [5.74, 6) is 0.653. The van der Waals surface area contributed by atoms with E-state index >= 15 is 4.79 Å². The number of carbonyl (C=O) groups excluding carboxylic acids is 5. The number of nitrogens with zero attached hydrogens (tertiary/aromatic N) is 5. The quantitative estimate of drug-likeness (QED) is 0.0277. The van der Waals surface area contributed by atoms with Crippen LogP contribution in [0, 0.1) is 16.7 Å². The predicted molar refractivity (Wildman–Crippen MR) is 419 cm³/mol. The number of anilines is 2. The van der Waals surface area contributed by atoms with E-state index in [4.69, 9.17) is 97.2 Å². The van der Waals surface area contributed by atoms with Crippen molar-refractivity contribution in [2.45, 2.75) is 151 Å². The largest absolute Gasteiger partial charge is 0.497 e. The molecule has 5 N–H and O–H groups in total. The smallest absolute Gasteiger partial charge is 0.412 e. The Morgan fingerprint density at radius 1 is 0.558 bits per heavy atom. The molecule has 4 fully saturated rings. The summed E-state index contributed by atoms with van der Waals surface area (Å²) in [5, 5.41) is 33.7. The van der Waals surface area contributed by atoms with Crippen LogP contribution in [-0.4, -0.2) is 202 Å². The maximum Gasteiger partial charge on any atom is 0.412 e. The Labute approximate surface area is 685 Å². The van der Waals surface area contributed by atoms with Gasteiger partial charge in [-0.15, -0.1) is 0 Å². The molecule has 0 radical (unpaired) electrons. The Morgan fingerprint density at radius 2 is 1.03 bits per heavy atom. The molecule has 8 aliphatic heterocycles. The van der Waals surface area contributed by atoms with Crippen LogP contribution in [0.2, 0.25) is 0 Å². The van der Waals surface area contributed by atoms with Gasteiger partial charge in [0, 0.05) is 204 Å². The SMILES string of the molecule is C.CCC1=C[C@@H]2CN(CCc3c([nH]c4ccccc34)[C@@](C(=O)OC)(c3cc4c(cc3OC)N(C)[C@H]3[C@@](O)(CNC(=O)Oc5ccccc5)[C@H](OC(C)=O)[C@]5(CC)C=CCN6CC[C@]43[C@@H]65)C2)C1.CC[C@]12C=CCN3CC[C@@]4(c5ccc(OC)cc5N(C)[C@H]4[C@@](O)(CNC(=O)Oc4ccccc4)[C@@H]1OC(C)=O)[C@@H]32.FF.FF.FF.FF.FF.FF.FF. The average Bonchev–Trinajstić information content (AvgIpc) is 1.45. The second kappa shape index (κ2) is 41.4. The number of benzene rings is 5. The molecule has 2 amide bonds. The number of nitrogens with one attached hydrogen (secondary N) is 3. The van der Waals surface area contributed by atoms with Crippen molar-refractivity contribution in [3.8, 4) is 23.0 Å². The number of rotatable bonds is 15. The standard InChI is InChI=1S/C52H61N5O8.C31H37N3O6.CH4.7F2/c1-7-33-25-34-28-51(47(59)63-6,43-37(19-23-56(29-33)30-34)36-17-12-13-18-40(36)54-43)39-26-38-41(27-42(39)62-5)55(4)45-50(38)21-24-57-22-14-20-49(8-2,44(50)57)46(64-32(3)58)52(45,61)31-53-48(60)65-35-15-10-9-11-16-35;1-5-29-14-9-16-34-17-15-30(25(29)34)23-13-12-22(38-4)18-24(23)33(3)26(30)31(37,27(29)39-20(2)35)19-32-28(36)40-21-10-7-6-8-11-21;;7*1-2/h9-18,20,25-27,34,44-46,54,61H,7-8,19,21-24,28-31H2,1-6H3,(H,53,60);6-14,18,25-27,37H,5,15-17,19H2,1-4H3,(H,32,36);1H4;;;;;;;/t34-,44-,45+,46+,49+,50+,51-,52-;25-,26+,27+,29+,30+,31-;;;;;;;;/m00......../s1. The average molecular weight is 1710 g/mol. The molecule has 16 rings (SSSR count). The zero-order valence-corrected chi connectivity index (χ0v) is 67.0. The van der Waals surface area contributed by atoms with Crippen LogP contribution in [0.15, 0.2) is 151 Å². The van der Waals surface area contributed by atoms with Crippen molar-refractivity contribution < 1.29 is 131 Å². The topological polar surface area (TPSA) is 246 Å². The fourth-order valence-electron chi connectivity index (χ4n) is 22.3. The first-order valence-corrected chi connectivity index (χ1v) is 38.2. The summed E-state index contributed by atoms with van der Waals surface area (Å²) in [6.07, 6.45) is 12.3. The minimum Gasteiger partial charge on any atom is -0.497 e. The van der Waals surface area contributed by atoms with Gasteiger partial charge in [0.2, 0.25) is 0 Å². The van der Waals surface area contributed by atoms with Gasteiger partial charge in [-0.05, 0) is 123 Å². The number of esters is 3. The van der Waals surface area contributed by atoms with Crippen molar-refractivity contribution in [2.75, 3.05) is 104 Å². The van der Waals surface area contributed by atoms with Gasteiger partial charge in [0.05, 0.1) is 46.5 Å². The lowest BCUT2D eigenvalue weighted by Crippen LogP contribution is -2.81. The molecule has 5 aromatic carbocycles. The zero-order chi connectivity index (χ0) is 87.8. The van der Waals surface area contributed by atoms with Gasteiger partial charge in [-0.2, -0.15) is 0 Å². The summed E-state index contributed by atoms with van der Waals surface area (Å²) in [6.45, 7) is 14.3. The fourth-order valence-corrected chi connectivity index (χ4v) is 22.3. The van der Waals surface area contributed by atoms with Crippen LogP contribution >= 0.6 is 0 Å². The molecule has 6 aromatic rings. The summed E-state index contributed by atoms with van der Waals surface area (Å²) in [6, 6.07) is 34.7. The molecule has 10 aliphatic rings. The summed E-state index contributed by atoms with van der Waals surface area (Å²) >= 11 is 0. The normalized spacial score (nSPS) is 28.9. The van der Waals surface area contributed by atoms with Crippen LogP contribution in [0.3, 0.4) is 0 Å². The van der Waals surface area contributed by atoms with Gasteiger partial charge in [0.1, 0.15) is 51.8 Å². The highest BCUT2D eigenvalue weighted by Crippen LogP contribution is 2.70. The summed E-state index contributed by atoms with van der Waals surface area (Å²) < 4.78 is 154.